The molecule has 48 heavy (non-hydrogen) atoms. The van der Waals surface area contributed by atoms with Crippen LogP contribution >= 0.6 is 12.6 Å². The van der Waals surface area contributed by atoms with Gasteiger partial charge in [-0.05, 0) is 61.1 Å². The van der Waals surface area contributed by atoms with Crippen molar-refractivity contribution in [1.82, 2.24) is 26.2 Å². The molecule has 0 radical (unpaired) electrons. The number of hydrogen-bond acceptors (Lipinski definition) is 7. The summed E-state index contributed by atoms with van der Waals surface area (Å²) >= 11 is 4.24. The Hall–Kier alpha value is -2.34. The first-order valence-corrected chi connectivity index (χ1v) is 18.9. The summed E-state index contributed by atoms with van der Waals surface area (Å²) in [5.41, 5.74) is 4.35. The second-order valence-corrected chi connectivity index (χ2v) is 14.8. The van der Waals surface area contributed by atoms with E-state index in [0.29, 0.717) is 32.4 Å². The van der Waals surface area contributed by atoms with Crippen molar-refractivity contribution in [2.75, 3.05) is 25.4 Å². The summed E-state index contributed by atoms with van der Waals surface area (Å²) in [5.74, 6) is -1.64. The highest BCUT2D eigenvalue weighted by atomic mass is 32.1. The second-order valence-electron chi connectivity index (χ2n) is 14.3. The molecule has 1 saturated heterocycles. The van der Waals surface area contributed by atoms with Crippen LogP contribution < -0.4 is 27.0 Å². The summed E-state index contributed by atoms with van der Waals surface area (Å²) < 4.78 is 0. The third-order valence-corrected chi connectivity index (χ3v) is 8.15. The normalized spacial score (nSPS) is 17.4. The Bertz CT molecular complexity index is 962. The maximum Gasteiger partial charge on any atom is 0.315 e. The highest BCUT2D eigenvalue weighted by Crippen LogP contribution is 2.34. The number of carbonyl (C=O) groups excluding carboxylic acids is 5. The van der Waals surface area contributed by atoms with Gasteiger partial charge in [-0.2, -0.15) is 12.6 Å². The number of nitrogens with two attached hydrogens (primary N) is 1. The molecule has 1 saturated carbocycles. The monoisotopic (exact) mass is 701 g/mol. The van der Waals surface area contributed by atoms with Crippen molar-refractivity contribution in [2.24, 2.45) is 22.5 Å². The molecule has 0 aromatic heterocycles. The van der Waals surface area contributed by atoms with Gasteiger partial charge in [-0.15, -0.1) is 0 Å². The maximum absolute atomic E-state index is 13.9. The molecule has 2 rings (SSSR count). The van der Waals surface area contributed by atoms with Gasteiger partial charge in [0, 0.05) is 19.1 Å². The first-order valence-electron chi connectivity index (χ1n) is 18.3. The van der Waals surface area contributed by atoms with Gasteiger partial charge in [0.2, 0.25) is 17.6 Å². The van der Waals surface area contributed by atoms with Crippen LogP contribution in [0.2, 0.25) is 0 Å². The number of Topliss-reactive ketones (excluding diaryl/α,β-unsaturated/α-hetero) is 1. The minimum absolute atomic E-state index is 0.189. The van der Waals surface area contributed by atoms with E-state index in [-0.39, 0.29) is 23.3 Å². The minimum Gasteiger partial charge on any atom is -0.363 e. The second kappa shape index (κ2) is 24.7. The van der Waals surface area contributed by atoms with Crippen molar-refractivity contribution in [1.29, 1.82) is 0 Å². The van der Waals surface area contributed by atoms with E-state index in [4.69, 9.17) is 5.73 Å². The van der Waals surface area contributed by atoms with Gasteiger partial charge in [-0.1, -0.05) is 102 Å². The van der Waals surface area contributed by atoms with Gasteiger partial charge >= 0.3 is 6.03 Å². The van der Waals surface area contributed by atoms with Crippen molar-refractivity contribution >= 4 is 42.2 Å². The lowest BCUT2D eigenvalue weighted by atomic mass is 9.85. The van der Waals surface area contributed by atoms with E-state index in [1.807, 2.05) is 69.2 Å². The van der Waals surface area contributed by atoms with E-state index in [1.165, 1.54) is 11.3 Å². The number of rotatable bonds is 15. The van der Waals surface area contributed by atoms with Gasteiger partial charge in [-0.25, -0.2) is 4.79 Å². The van der Waals surface area contributed by atoms with Gasteiger partial charge in [0.15, 0.2) is 0 Å². The van der Waals surface area contributed by atoms with Crippen molar-refractivity contribution < 1.29 is 24.0 Å². The lowest BCUT2D eigenvalue weighted by molar-refractivity contribution is -0.143. The van der Waals surface area contributed by atoms with E-state index >= 15 is 0 Å². The first-order chi connectivity index (χ1) is 22.5. The Labute approximate surface area is 298 Å². The minimum atomic E-state index is -1.08. The molecular formula is C36H72N6O5S. The molecule has 0 aromatic rings. The zero-order valence-corrected chi connectivity index (χ0v) is 33.3. The molecule has 5 amide bonds. The van der Waals surface area contributed by atoms with Crippen molar-refractivity contribution in [3.63, 3.8) is 0 Å². The van der Waals surface area contributed by atoms with Crippen LogP contribution in [0.5, 0.6) is 0 Å². The zero-order chi connectivity index (χ0) is 37.7. The van der Waals surface area contributed by atoms with Crippen LogP contribution in [-0.2, 0) is 19.2 Å². The summed E-state index contributed by atoms with van der Waals surface area (Å²) in [6.07, 6.45) is 6.53. The van der Waals surface area contributed by atoms with E-state index in [2.05, 4.69) is 47.7 Å². The predicted molar refractivity (Wildman–Crippen MR) is 201 cm³/mol. The summed E-state index contributed by atoms with van der Waals surface area (Å²) in [7, 11) is 0. The van der Waals surface area contributed by atoms with Crippen LogP contribution in [0, 0.1) is 16.7 Å². The lowest BCUT2D eigenvalue weighted by Gasteiger charge is -2.37. The van der Waals surface area contributed by atoms with Crippen molar-refractivity contribution in [3.05, 3.63) is 0 Å². The molecule has 6 N–H and O–H groups in total. The van der Waals surface area contributed by atoms with Gasteiger partial charge < -0.3 is 31.9 Å². The first kappa shape index (κ1) is 47.8. The number of urea groups is 1. The number of hydrogen-bond donors (Lipinski definition) is 6. The van der Waals surface area contributed by atoms with Gasteiger partial charge in [0.25, 0.3) is 5.91 Å². The quantitative estimate of drug-likeness (QED) is 0.0781. The molecular weight excluding hydrogens is 629 g/mol. The smallest absolute Gasteiger partial charge is 0.315 e. The van der Waals surface area contributed by atoms with Gasteiger partial charge in [0.1, 0.15) is 12.1 Å². The van der Waals surface area contributed by atoms with E-state index < -0.39 is 47.2 Å². The number of carbonyl (C=O) groups is 5. The van der Waals surface area contributed by atoms with Crippen LogP contribution in [0.15, 0.2) is 0 Å². The summed E-state index contributed by atoms with van der Waals surface area (Å²) in [5, 5.41) is 12.0. The summed E-state index contributed by atoms with van der Waals surface area (Å²) in [4.78, 5) is 65.8. The highest BCUT2D eigenvalue weighted by Gasteiger charge is 2.43. The number of ketones is 1. The fourth-order valence-electron chi connectivity index (χ4n) is 4.99. The molecule has 12 heteroatoms. The van der Waals surface area contributed by atoms with Crippen molar-refractivity contribution in [3.8, 4) is 0 Å². The Morgan fingerprint density at radius 1 is 0.854 bits per heavy atom. The molecule has 2 fully saturated rings. The van der Waals surface area contributed by atoms with E-state index in [0.717, 1.165) is 38.0 Å². The van der Waals surface area contributed by atoms with Crippen LogP contribution in [0.4, 0.5) is 4.79 Å². The standard InChI is InChI=1S/C29H52N6O5S.C3H8.2C2H6/c1-28(2,3)21(17-31-13-7-8-15-41)33-27(40)34-23(29(4,5)6)26(39)35-14-9-10-20(35)25(38)32-19(16-18-11-12-18)22(36)24(30)37;1-3-2;2*1-2/h18-21,23,31,41H,7-17H2,1-6H3,(H2,30,37)(H,32,38)(H2,33,34,40);3H2,1-2H3;2*1-2H3. The molecule has 1 aliphatic heterocycles. The third-order valence-electron chi connectivity index (χ3n) is 7.83. The van der Waals surface area contributed by atoms with Crippen molar-refractivity contribution in [2.45, 2.75) is 159 Å². The molecule has 0 bridgehead atoms. The molecule has 11 nitrogen and oxygen atoms in total. The van der Waals surface area contributed by atoms with Crippen LogP contribution in [0.3, 0.4) is 0 Å². The maximum atomic E-state index is 13.9. The Morgan fingerprint density at radius 2 is 1.42 bits per heavy atom. The molecule has 0 aromatic carbocycles. The fraction of sp³-hybridized carbons (Fsp3) is 0.861. The number of primary amides is 1. The SMILES string of the molecule is CC.CC.CC(C)(C)C(CNCCCCS)NC(=O)NC(C(=O)N1CCCC1C(=O)NC(CC1CC1)C(=O)C(N)=O)C(C)(C)C.CCC. The summed E-state index contributed by atoms with van der Waals surface area (Å²) in [6.45, 7) is 25.7. The largest absolute Gasteiger partial charge is 0.363 e. The molecule has 1 aliphatic carbocycles. The number of thiol groups is 1. The number of unbranched alkanes of at least 4 members (excludes halogenated alkanes) is 1. The van der Waals surface area contributed by atoms with Gasteiger partial charge in [0.05, 0.1) is 6.04 Å². The molecule has 4 unspecified atom stereocenters. The lowest BCUT2D eigenvalue weighted by Crippen LogP contribution is -2.61. The topological polar surface area (TPSA) is 163 Å². The number of nitrogens with zero attached hydrogens (tertiary/aromatic N) is 1. The van der Waals surface area contributed by atoms with Gasteiger partial charge in [-0.3, -0.25) is 19.2 Å². The Morgan fingerprint density at radius 3 is 1.88 bits per heavy atom. The number of likely N-dealkylation sites (tertiary alicyclic amines) is 1. The number of nitrogens with one attached hydrogen (secondary N) is 4. The van der Waals surface area contributed by atoms with E-state index in [1.54, 1.807) is 0 Å². The van der Waals surface area contributed by atoms with Crippen LogP contribution in [0.25, 0.3) is 0 Å². The average Bonchev–Trinajstić information content (AvgIpc) is 3.70. The third kappa shape index (κ3) is 18.4. The molecule has 0 spiro atoms. The van der Waals surface area contributed by atoms with Crippen LogP contribution in [-0.4, -0.2) is 84.0 Å². The number of amides is 5. The fourth-order valence-corrected chi connectivity index (χ4v) is 5.21. The summed E-state index contributed by atoms with van der Waals surface area (Å²) in [6, 6.07) is -3.33. The molecule has 2 aliphatic rings. The molecule has 4 atom stereocenters. The molecule has 1 heterocycles. The molecule has 282 valence electrons. The zero-order valence-electron chi connectivity index (χ0n) is 32.4. The van der Waals surface area contributed by atoms with Crippen LogP contribution in [0.1, 0.15) is 134 Å². The average molecular weight is 701 g/mol. The Balaban J connectivity index is 0. The van der Waals surface area contributed by atoms with E-state index in [9.17, 15) is 24.0 Å². The predicted octanol–water partition coefficient (Wildman–Crippen LogP) is 5.21. The highest BCUT2D eigenvalue weighted by molar-refractivity contribution is 7.80. The Kier molecular flexibility index (Phi) is 24.6.